The van der Waals surface area contributed by atoms with Crippen molar-refractivity contribution in [2.45, 2.75) is 39.2 Å². The van der Waals surface area contributed by atoms with Crippen molar-refractivity contribution in [1.29, 1.82) is 0 Å². The Morgan fingerprint density at radius 2 is 1.36 bits per heavy atom. The summed E-state index contributed by atoms with van der Waals surface area (Å²) in [5, 5.41) is 20.1. The Morgan fingerprint density at radius 3 is 1.76 bits per heavy atom. The zero-order valence-electron chi connectivity index (χ0n) is 14.2. The van der Waals surface area contributed by atoms with Crippen molar-refractivity contribution >= 4 is 33.7 Å². The minimum absolute atomic E-state index is 0.0214. The van der Waals surface area contributed by atoms with Gasteiger partial charge in [0.2, 0.25) is 0 Å². The van der Waals surface area contributed by atoms with E-state index in [1.165, 1.54) is 0 Å². The van der Waals surface area contributed by atoms with E-state index in [2.05, 4.69) is 11.5 Å². The Balaban J connectivity index is 2.21. The molecule has 3 aromatic rings. The van der Waals surface area contributed by atoms with Crippen LogP contribution in [0, 0.1) is 0 Å². The molecule has 0 aliphatic heterocycles. The largest absolute Gasteiger partial charge is 0.481 e. The highest BCUT2D eigenvalue weighted by molar-refractivity contribution is 6.08. The molecule has 0 saturated carbocycles. The average molecular weight is 339 g/mol. The number of aliphatic carboxylic acids is 2. The van der Waals surface area contributed by atoms with Crippen molar-refractivity contribution in [3.63, 3.8) is 0 Å². The number of hydrogen-bond acceptors (Lipinski definition) is 2. The summed E-state index contributed by atoms with van der Waals surface area (Å²) in [5.41, 5.74) is 3.62. The molecule has 0 unspecified atom stereocenters. The van der Waals surface area contributed by atoms with Crippen LogP contribution in [0.5, 0.6) is 0 Å². The molecule has 0 amide bonds. The smallest absolute Gasteiger partial charge is 0.307 e. The molecule has 2 aromatic carbocycles. The first-order valence-corrected chi connectivity index (χ1v) is 8.47. The van der Waals surface area contributed by atoms with Crippen molar-refractivity contribution in [2.75, 3.05) is 0 Å². The van der Waals surface area contributed by atoms with E-state index in [1.54, 1.807) is 0 Å². The molecule has 2 N–H and O–H groups in total. The molecule has 1 heterocycles. The molecule has 0 aliphatic rings. The van der Waals surface area contributed by atoms with Gasteiger partial charge >= 0.3 is 11.9 Å². The van der Waals surface area contributed by atoms with Crippen LogP contribution in [0.2, 0.25) is 0 Å². The molecule has 3 rings (SSSR count). The number of carbonyl (C=O) groups is 2. The van der Waals surface area contributed by atoms with E-state index in [0.29, 0.717) is 0 Å². The number of fused-ring (bicyclic) bond motifs is 3. The second-order valence-corrected chi connectivity index (χ2v) is 6.35. The summed E-state index contributed by atoms with van der Waals surface area (Å²) in [6.07, 6.45) is 2.08. The van der Waals surface area contributed by atoms with Crippen molar-refractivity contribution in [3.8, 4) is 0 Å². The Bertz CT molecular complexity index is 882. The monoisotopic (exact) mass is 339 g/mol. The third kappa shape index (κ3) is 3.50. The number of aromatic nitrogens is 1. The van der Waals surface area contributed by atoms with E-state index in [4.69, 9.17) is 10.2 Å². The fourth-order valence-electron chi connectivity index (χ4n) is 3.32. The molecule has 0 spiro atoms. The van der Waals surface area contributed by atoms with Gasteiger partial charge < -0.3 is 14.8 Å². The standard InChI is InChI=1S/C20H21NO4/c1-2-3-8-21-17-6-4-13(11-19(22)23)9-15(17)16-10-14(12-20(24)25)5-7-18(16)21/h4-7,9-10H,2-3,8,11-12H2,1H3,(H,22,23)(H,24,25). The predicted molar refractivity (Wildman–Crippen MR) is 97.0 cm³/mol. The molecule has 5 nitrogen and oxygen atoms in total. The van der Waals surface area contributed by atoms with Crippen LogP contribution in [-0.4, -0.2) is 26.7 Å². The zero-order valence-corrected chi connectivity index (χ0v) is 14.2. The van der Waals surface area contributed by atoms with Crippen LogP contribution in [0.1, 0.15) is 30.9 Å². The molecule has 1 aromatic heterocycles. The summed E-state index contributed by atoms with van der Waals surface area (Å²) in [6, 6.07) is 11.5. The first-order valence-electron chi connectivity index (χ1n) is 8.47. The number of benzene rings is 2. The number of rotatable bonds is 7. The third-order valence-corrected chi connectivity index (χ3v) is 4.44. The van der Waals surface area contributed by atoms with Crippen LogP contribution in [0.3, 0.4) is 0 Å². The lowest BCUT2D eigenvalue weighted by Gasteiger charge is -2.07. The Labute approximate surface area is 145 Å². The Morgan fingerprint density at radius 1 is 0.880 bits per heavy atom. The van der Waals surface area contributed by atoms with Crippen molar-refractivity contribution in [1.82, 2.24) is 4.57 Å². The maximum absolute atomic E-state index is 11.0. The maximum Gasteiger partial charge on any atom is 0.307 e. The zero-order chi connectivity index (χ0) is 18.0. The van der Waals surface area contributed by atoms with Crippen LogP contribution < -0.4 is 0 Å². The number of hydrogen-bond donors (Lipinski definition) is 2. The van der Waals surface area contributed by atoms with E-state index >= 15 is 0 Å². The van der Waals surface area contributed by atoms with Gasteiger partial charge in [-0.2, -0.15) is 0 Å². The Kier molecular flexibility index (Phi) is 4.74. The van der Waals surface area contributed by atoms with E-state index in [1.807, 2.05) is 36.4 Å². The highest BCUT2D eigenvalue weighted by atomic mass is 16.4. The first kappa shape index (κ1) is 17.0. The van der Waals surface area contributed by atoms with Crippen LogP contribution in [0.4, 0.5) is 0 Å². The quantitative estimate of drug-likeness (QED) is 0.685. The molecule has 0 saturated heterocycles. The number of carboxylic acid groups (broad SMARTS) is 2. The van der Waals surface area contributed by atoms with Gasteiger partial charge in [-0.15, -0.1) is 0 Å². The second-order valence-electron chi connectivity index (χ2n) is 6.35. The van der Waals surface area contributed by atoms with Crippen LogP contribution in [-0.2, 0) is 29.0 Å². The normalized spacial score (nSPS) is 11.2. The van der Waals surface area contributed by atoms with Gasteiger partial charge in [0.1, 0.15) is 0 Å². The number of aryl methyl sites for hydroxylation is 1. The molecular weight excluding hydrogens is 318 g/mol. The van der Waals surface area contributed by atoms with Crippen molar-refractivity contribution in [2.24, 2.45) is 0 Å². The van der Waals surface area contributed by atoms with Gasteiger partial charge in [0.05, 0.1) is 12.8 Å². The van der Waals surface area contributed by atoms with E-state index in [9.17, 15) is 9.59 Å². The molecule has 0 radical (unpaired) electrons. The lowest BCUT2D eigenvalue weighted by molar-refractivity contribution is -0.137. The molecule has 5 heteroatoms. The van der Waals surface area contributed by atoms with Gasteiger partial charge in [-0.1, -0.05) is 25.5 Å². The SMILES string of the molecule is CCCCn1c2ccc(CC(=O)O)cc2c2cc(CC(=O)O)ccc21. The van der Waals surface area contributed by atoms with E-state index < -0.39 is 11.9 Å². The minimum atomic E-state index is -0.861. The van der Waals surface area contributed by atoms with Gasteiger partial charge in [-0.3, -0.25) is 9.59 Å². The van der Waals surface area contributed by atoms with Crippen LogP contribution >= 0.6 is 0 Å². The van der Waals surface area contributed by atoms with Crippen molar-refractivity contribution in [3.05, 3.63) is 47.5 Å². The summed E-state index contributed by atoms with van der Waals surface area (Å²) in [6.45, 7) is 3.02. The van der Waals surface area contributed by atoms with Gasteiger partial charge in [0.15, 0.2) is 0 Å². The van der Waals surface area contributed by atoms with Gasteiger partial charge in [-0.05, 0) is 41.8 Å². The summed E-state index contributed by atoms with van der Waals surface area (Å²) in [4.78, 5) is 22.0. The highest BCUT2D eigenvalue weighted by Crippen LogP contribution is 2.31. The number of carboxylic acids is 2. The molecule has 25 heavy (non-hydrogen) atoms. The molecule has 0 fully saturated rings. The second kappa shape index (κ2) is 6.97. The molecule has 130 valence electrons. The van der Waals surface area contributed by atoms with Crippen molar-refractivity contribution < 1.29 is 19.8 Å². The molecule has 0 aliphatic carbocycles. The van der Waals surface area contributed by atoms with Gasteiger partial charge in [-0.25, -0.2) is 0 Å². The average Bonchev–Trinajstić information content (AvgIpc) is 2.84. The topological polar surface area (TPSA) is 79.5 Å². The molecular formula is C20H21NO4. The van der Waals surface area contributed by atoms with Crippen LogP contribution in [0.15, 0.2) is 36.4 Å². The van der Waals surface area contributed by atoms with Crippen LogP contribution in [0.25, 0.3) is 21.8 Å². The summed E-state index contributed by atoms with van der Waals surface area (Å²) in [7, 11) is 0. The van der Waals surface area contributed by atoms with Gasteiger partial charge in [0.25, 0.3) is 0 Å². The minimum Gasteiger partial charge on any atom is -0.481 e. The summed E-state index contributed by atoms with van der Waals surface area (Å²) in [5.74, 6) is -1.72. The third-order valence-electron chi connectivity index (χ3n) is 4.44. The maximum atomic E-state index is 11.0. The van der Waals surface area contributed by atoms with Gasteiger partial charge in [0, 0.05) is 28.4 Å². The lowest BCUT2D eigenvalue weighted by atomic mass is 10.0. The fourth-order valence-corrected chi connectivity index (χ4v) is 3.32. The fraction of sp³-hybridized carbons (Fsp3) is 0.300. The first-order chi connectivity index (χ1) is 12.0. The number of nitrogens with zero attached hydrogens (tertiary/aromatic N) is 1. The predicted octanol–water partition coefficient (Wildman–Crippen LogP) is 3.85. The highest BCUT2D eigenvalue weighted by Gasteiger charge is 2.13. The number of unbranched alkanes of at least 4 members (excludes halogenated alkanes) is 1. The summed E-state index contributed by atoms with van der Waals surface area (Å²) < 4.78 is 2.24. The molecule has 0 atom stereocenters. The van der Waals surface area contributed by atoms with E-state index in [-0.39, 0.29) is 12.8 Å². The lowest BCUT2D eigenvalue weighted by Crippen LogP contribution is -2.00. The summed E-state index contributed by atoms with van der Waals surface area (Å²) >= 11 is 0. The Hall–Kier alpha value is -2.82. The van der Waals surface area contributed by atoms with E-state index in [0.717, 1.165) is 52.3 Å². The molecule has 0 bridgehead atoms.